The van der Waals surface area contributed by atoms with Crippen molar-refractivity contribution in [3.63, 3.8) is 0 Å². The molecule has 8 nitrogen and oxygen atoms in total. The summed E-state index contributed by atoms with van der Waals surface area (Å²) in [7, 11) is 0. The van der Waals surface area contributed by atoms with Gasteiger partial charge in [-0.25, -0.2) is 4.98 Å². The first kappa shape index (κ1) is 19.8. The molecule has 0 amide bonds. The normalized spacial score (nSPS) is 24.3. The predicted molar refractivity (Wildman–Crippen MR) is 114 cm³/mol. The maximum atomic E-state index is 8.13. The fraction of sp³-hybridized carbons (Fsp3) is 0.571. The average molecular weight is 399 g/mol. The monoisotopic (exact) mass is 398 g/mol. The van der Waals surface area contributed by atoms with E-state index in [1.54, 1.807) is 6.20 Å². The number of anilines is 3. The van der Waals surface area contributed by atoms with Gasteiger partial charge >= 0.3 is 0 Å². The molecule has 2 aromatic rings. The Morgan fingerprint density at radius 1 is 1.38 bits per heavy atom. The summed E-state index contributed by atoms with van der Waals surface area (Å²) < 4.78 is 11.6. The van der Waals surface area contributed by atoms with Crippen LogP contribution in [0.25, 0.3) is 0 Å². The zero-order valence-corrected chi connectivity index (χ0v) is 17.4. The summed E-state index contributed by atoms with van der Waals surface area (Å²) in [5, 5.41) is 18.4. The van der Waals surface area contributed by atoms with E-state index < -0.39 is 0 Å². The third-order valence-corrected chi connectivity index (χ3v) is 5.77. The molecular weight excluding hydrogens is 368 g/mol. The van der Waals surface area contributed by atoms with Gasteiger partial charge in [0.05, 0.1) is 31.1 Å². The summed E-state index contributed by atoms with van der Waals surface area (Å²) in [6.45, 7) is 9.35. The molecule has 8 heteroatoms. The average Bonchev–Trinajstić information content (AvgIpc) is 3.20. The van der Waals surface area contributed by atoms with Gasteiger partial charge in [0, 0.05) is 31.0 Å². The van der Waals surface area contributed by atoms with E-state index in [2.05, 4.69) is 47.3 Å². The molecule has 0 spiro atoms. The molecule has 0 aliphatic carbocycles. The van der Waals surface area contributed by atoms with Crippen LogP contribution in [0.4, 0.5) is 17.5 Å². The number of H-pyrrole nitrogens is 1. The molecule has 2 aliphatic rings. The number of hydrogen-bond acceptors (Lipinski definition) is 7. The standard InChI is InChI=1S/C21H30N6O2/c1-14-13-28-9-7-27(14)19-10-16(15-5-8-29-21(2,3)11-15)17(12-22)20(25-19)24-18-4-6-23-26-18/h4,6,10,12,14-15,22H,5,7-9,11,13H2,1-3H3,(H2,23,24,25,26)/t14-,15+/m1/s1. The van der Waals surface area contributed by atoms with Gasteiger partial charge in [0.25, 0.3) is 0 Å². The highest BCUT2D eigenvalue weighted by molar-refractivity contribution is 5.88. The molecule has 2 atom stereocenters. The van der Waals surface area contributed by atoms with E-state index in [1.165, 1.54) is 6.21 Å². The lowest BCUT2D eigenvalue weighted by Crippen LogP contribution is -2.44. The Labute approximate surface area is 171 Å². The van der Waals surface area contributed by atoms with Gasteiger partial charge < -0.3 is 25.1 Å². The van der Waals surface area contributed by atoms with Gasteiger partial charge in [0.1, 0.15) is 17.5 Å². The lowest BCUT2D eigenvalue weighted by Gasteiger charge is -2.38. The minimum Gasteiger partial charge on any atom is -0.377 e. The summed E-state index contributed by atoms with van der Waals surface area (Å²) >= 11 is 0. The maximum Gasteiger partial charge on any atom is 0.143 e. The first-order valence-electron chi connectivity index (χ1n) is 10.3. The van der Waals surface area contributed by atoms with Crippen molar-refractivity contribution in [1.82, 2.24) is 15.2 Å². The second-order valence-corrected chi connectivity index (χ2v) is 8.49. The lowest BCUT2D eigenvalue weighted by molar-refractivity contribution is -0.0593. The minimum absolute atomic E-state index is 0.172. The van der Waals surface area contributed by atoms with E-state index in [4.69, 9.17) is 19.9 Å². The molecule has 2 fully saturated rings. The van der Waals surface area contributed by atoms with Gasteiger partial charge in [-0.15, -0.1) is 0 Å². The zero-order valence-electron chi connectivity index (χ0n) is 17.4. The predicted octanol–water partition coefficient (Wildman–Crippen LogP) is 3.44. The summed E-state index contributed by atoms with van der Waals surface area (Å²) in [6.07, 6.45) is 4.97. The summed E-state index contributed by atoms with van der Waals surface area (Å²) in [5.74, 6) is 2.68. The van der Waals surface area contributed by atoms with Gasteiger partial charge in [-0.05, 0) is 51.2 Å². The molecule has 4 heterocycles. The van der Waals surface area contributed by atoms with Crippen LogP contribution in [0.15, 0.2) is 18.3 Å². The summed E-state index contributed by atoms with van der Waals surface area (Å²) in [4.78, 5) is 7.21. The molecule has 4 rings (SSSR count). The van der Waals surface area contributed by atoms with Crippen LogP contribution >= 0.6 is 0 Å². The molecule has 0 unspecified atom stereocenters. The first-order chi connectivity index (χ1) is 14.0. The minimum atomic E-state index is -0.172. The summed E-state index contributed by atoms with van der Waals surface area (Å²) in [6, 6.07) is 4.28. The molecule has 0 aromatic carbocycles. The van der Waals surface area contributed by atoms with Gasteiger partial charge in [-0.3, -0.25) is 5.10 Å². The Morgan fingerprint density at radius 3 is 2.93 bits per heavy atom. The van der Waals surface area contributed by atoms with Crippen LogP contribution in [-0.4, -0.2) is 59.4 Å². The fourth-order valence-electron chi connectivity index (χ4n) is 4.31. The highest BCUT2D eigenvalue weighted by Gasteiger charge is 2.32. The van der Waals surface area contributed by atoms with Crippen LogP contribution in [-0.2, 0) is 9.47 Å². The van der Waals surface area contributed by atoms with Crippen LogP contribution < -0.4 is 10.2 Å². The van der Waals surface area contributed by atoms with Crippen LogP contribution in [0.2, 0.25) is 0 Å². The van der Waals surface area contributed by atoms with E-state index >= 15 is 0 Å². The number of ether oxygens (including phenoxy) is 2. The third-order valence-electron chi connectivity index (χ3n) is 5.77. The van der Waals surface area contributed by atoms with Crippen molar-refractivity contribution in [2.75, 3.05) is 36.6 Å². The summed E-state index contributed by atoms with van der Waals surface area (Å²) in [5.41, 5.74) is 1.81. The highest BCUT2D eigenvalue weighted by Crippen LogP contribution is 2.40. The van der Waals surface area contributed by atoms with Crippen LogP contribution in [0.1, 0.15) is 50.7 Å². The van der Waals surface area contributed by atoms with E-state index in [1.807, 2.05) is 6.07 Å². The Morgan fingerprint density at radius 2 is 2.24 bits per heavy atom. The molecule has 0 saturated carbocycles. The molecule has 2 saturated heterocycles. The Balaban J connectivity index is 1.78. The quantitative estimate of drug-likeness (QED) is 0.667. The van der Waals surface area contributed by atoms with Crippen molar-refractivity contribution in [1.29, 1.82) is 5.41 Å². The van der Waals surface area contributed by atoms with E-state index in [0.29, 0.717) is 24.9 Å². The number of nitrogens with zero attached hydrogens (tertiary/aromatic N) is 3. The van der Waals surface area contributed by atoms with Gasteiger partial charge in [0.15, 0.2) is 0 Å². The van der Waals surface area contributed by atoms with Crippen LogP contribution in [0, 0.1) is 5.41 Å². The van der Waals surface area contributed by atoms with Crippen molar-refractivity contribution in [2.24, 2.45) is 0 Å². The number of hydrogen-bond donors (Lipinski definition) is 3. The van der Waals surface area contributed by atoms with Gasteiger partial charge in [-0.1, -0.05) is 0 Å². The maximum absolute atomic E-state index is 8.13. The Bertz CT molecular complexity index is 851. The zero-order chi connectivity index (χ0) is 20.4. The number of nitrogens with one attached hydrogen (secondary N) is 3. The second kappa shape index (κ2) is 8.12. The molecule has 2 aromatic heterocycles. The molecule has 0 bridgehead atoms. The van der Waals surface area contributed by atoms with Crippen LogP contribution in [0.5, 0.6) is 0 Å². The van der Waals surface area contributed by atoms with Crippen LogP contribution in [0.3, 0.4) is 0 Å². The Kier molecular flexibility index (Phi) is 5.56. The highest BCUT2D eigenvalue weighted by atomic mass is 16.5. The number of rotatable bonds is 5. The second-order valence-electron chi connectivity index (χ2n) is 8.49. The topological polar surface area (TPSA) is 99.1 Å². The van der Waals surface area contributed by atoms with Crippen molar-refractivity contribution in [2.45, 2.75) is 51.2 Å². The third kappa shape index (κ3) is 4.28. The van der Waals surface area contributed by atoms with E-state index in [-0.39, 0.29) is 11.6 Å². The number of morpholine rings is 1. The number of aromatic amines is 1. The van der Waals surface area contributed by atoms with E-state index in [9.17, 15) is 0 Å². The SMILES string of the molecule is C[C@@H]1COCCN1c1cc([C@H]2CCOC(C)(C)C2)c(C=N)c(Nc2ccn[nH]2)n1. The molecule has 29 heavy (non-hydrogen) atoms. The lowest BCUT2D eigenvalue weighted by atomic mass is 9.82. The van der Waals surface area contributed by atoms with E-state index in [0.717, 1.165) is 48.8 Å². The largest absolute Gasteiger partial charge is 0.377 e. The van der Waals surface area contributed by atoms with Crippen molar-refractivity contribution in [3.05, 3.63) is 29.5 Å². The van der Waals surface area contributed by atoms with Crippen molar-refractivity contribution < 1.29 is 9.47 Å². The molecule has 0 radical (unpaired) electrons. The van der Waals surface area contributed by atoms with Gasteiger partial charge in [-0.2, -0.15) is 5.10 Å². The Hall–Kier alpha value is -2.45. The fourth-order valence-corrected chi connectivity index (χ4v) is 4.31. The molecule has 2 aliphatic heterocycles. The molecule has 3 N–H and O–H groups in total. The van der Waals surface area contributed by atoms with Crippen molar-refractivity contribution >= 4 is 23.7 Å². The smallest absolute Gasteiger partial charge is 0.143 e. The number of pyridine rings is 1. The molecule has 156 valence electrons. The number of aromatic nitrogens is 3. The first-order valence-corrected chi connectivity index (χ1v) is 10.3. The molecular formula is C21H30N6O2. The van der Waals surface area contributed by atoms with Gasteiger partial charge in [0.2, 0.25) is 0 Å². The van der Waals surface area contributed by atoms with Crippen molar-refractivity contribution in [3.8, 4) is 0 Å².